The molecular weight excluding hydrogens is 475 g/mol. The van der Waals surface area contributed by atoms with Crippen molar-refractivity contribution in [1.82, 2.24) is 0 Å². The molecule has 6 heteroatoms. The molecule has 0 saturated heterocycles. The molecule has 0 spiro atoms. The fraction of sp³-hybridized carbons (Fsp3) is 0.143. The number of benzene rings is 2. The fourth-order valence-corrected chi connectivity index (χ4v) is 3.49. The van der Waals surface area contributed by atoms with Gasteiger partial charge in [0.15, 0.2) is 0 Å². The first kappa shape index (κ1) is 16.1. The highest BCUT2D eigenvalue weighted by atomic mass is 79.9. The predicted octanol–water partition coefficient (Wildman–Crippen LogP) is 6.56. The number of methoxy groups -OCH3 is 1. The van der Waals surface area contributed by atoms with E-state index in [1.807, 2.05) is 30.3 Å². The molecule has 0 saturated carbocycles. The molecule has 0 heterocycles. The SMILES string of the molecule is COc1cc(Br)c(Oc2cccc(Cl)c2CBr)cc1Br. The maximum absolute atomic E-state index is 6.16. The lowest BCUT2D eigenvalue weighted by atomic mass is 10.2. The molecule has 106 valence electrons. The van der Waals surface area contributed by atoms with E-state index in [1.54, 1.807) is 7.11 Å². The minimum atomic E-state index is 0.622. The molecule has 0 amide bonds. The van der Waals surface area contributed by atoms with Crippen molar-refractivity contribution in [3.63, 3.8) is 0 Å². The van der Waals surface area contributed by atoms with E-state index in [9.17, 15) is 0 Å². The van der Waals surface area contributed by atoms with Crippen molar-refractivity contribution in [3.8, 4) is 17.2 Å². The number of halogens is 4. The third-order valence-corrected chi connectivity index (χ3v) is 4.79. The van der Waals surface area contributed by atoms with Crippen LogP contribution in [0.2, 0.25) is 5.02 Å². The van der Waals surface area contributed by atoms with E-state index in [-0.39, 0.29) is 0 Å². The van der Waals surface area contributed by atoms with Crippen molar-refractivity contribution in [2.75, 3.05) is 7.11 Å². The summed E-state index contributed by atoms with van der Waals surface area (Å²) in [6, 6.07) is 9.27. The van der Waals surface area contributed by atoms with Crippen LogP contribution in [0.3, 0.4) is 0 Å². The van der Waals surface area contributed by atoms with Gasteiger partial charge in [-0.25, -0.2) is 0 Å². The Morgan fingerprint density at radius 1 is 1.05 bits per heavy atom. The summed E-state index contributed by atoms with van der Waals surface area (Å²) in [7, 11) is 1.62. The Bertz CT molecular complexity index is 632. The Hall–Kier alpha value is -0.230. The van der Waals surface area contributed by atoms with Gasteiger partial charge in [-0.1, -0.05) is 33.6 Å². The Morgan fingerprint density at radius 2 is 1.70 bits per heavy atom. The lowest BCUT2D eigenvalue weighted by Crippen LogP contribution is -1.93. The van der Waals surface area contributed by atoms with Gasteiger partial charge in [-0.3, -0.25) is 0 Å². The van der Waals surface area contributed by atoms with Crippen LogP contribution < -0.4 is 9.47 Å². The molecule has 0 fully saturated rings. The second-order valence-electron chi connectivity index (χ2n) is 3.87. The summed E-state index contributed by atoms with van der Waals surface area (Å²) in [5.41, 5.74) is 0.910. The molecule has 2 aromatic carbocycles. The van der Waals surface area contributed by atoms with E-state index in [4.69, 9.17) is 21.1 Å². The van der Waals surface area contributed by atoms with Crippen molar-refractivity contribution in [2.24, 2.45) is 0 Å². The summed E-state index contributed by atoms with van der Waals surface area (Å²) >= 11 is 16.5. The van der Waals surface area contributed by atoms with Crippen LogP contribution in [0, 0.1) is 0 Å². The summed E-state index contributed by atoms with van der Waals surface area (Å²) in [5, 5.41) is 1.29. The number of ether oxygens (including phenoxy) is 2. The summed E-state index contributed by atoms with van der Waals surface area (Å²) in [5.74, 6) is 2.13. The normalized spacial score (nSPS) is 10.4. The monoisotopic (exact) mass is 482 g/mol. The van der Waals surface area contributed by atoms with Crippen molar-refractivity contribution in [1.29, 1.82) is 0 Å². The first-order chi connectivity index (χ1) is 9.56. The third-order valence-electron chi connectivity index (χ3n) is 2.64. The molecule has 2 nitrogen and oxygen atoms in total. The highest BCUT2D eigenvalue weighted by molar-refractivity contribution is 9.11. The van der Waals surface area contributed by atoms with Gasteiger partial charge in [0.25, 0.3) is 0 Å². The Labute approximate surface area is 147 Å². The van der Waals surface area contributed by atoms with Crippen LogP contribution in [0.25, 0.3) is 0 Å². The average molecular weight is 485 g/mol. The highest BCUT2D eigenvalue weighted by Gasteiger charge is 2.12. The molecular formula is C14H10Br3ClO2. The molecule has 0 aliphatic carbocycles. The molecule has 0 aliphatic heterocycles. The third kappa shape index (κ3) is 3.50. The van der Waals surface area contributed by atoms with Gasteiger partial charge in [0.05, 0.1) is 16.1 Å². The smallest absolute Gasteiger partial charge is 0.143 e. The highest BCUT2D eigenvalue weighted by Crippen LogP contribution is 2.40. The number of hydrogen-bond donors (Lipinski definition) is 0. The van der Waals surface area contributed by atoms with Gasteiger partial charge < -0.3 is 9.47 Å². The molecule has 2 rings (SSSR count). The summed E-state index contributed by atoms with van der Waals surface area (Å²) in [4.78, 5) is 0. The van der Waals surface area contributed by atoms with E-state index in [2.05, 4.69) is 47.8 Å². The molecule has 2 aromatic rings. The number of alkyl halides is 1. The van der Waals surface area contributed by atoms with Crippen molar-refractivity contribution in [3.05, 3.63) is 49.9 Å². The fourth-order valence-electron chi connectivity index (χ4n) is 1.63. The van der Waals surface area contributed by atoms with Crippen LogP contribution in [0.4, 0.5) is 0 Å². The topological polar surface area (TPSA) is 18.5 Å². The summed E-state index contributed by atoms with van der Waals surface area (Å²) in [6.07, 6.45) is 0. The Kier molecular flexibility index (Phi) is 5.78. The first-order valence-corrected chi connectivity index (χ1v) is 8.69. The van der Waals surface area contributed by atoms with Gasteiger partial charge >= 0.3 is 0 Å². The Balaban J connectivity index is 2.40. The van der Waals surface area contributed by atoms with Gasteiger partial charge in [-0.2, -0.15) is 0 Å². The van der Waals surface area contributed by atoms with Crippen LogP contribution in [0.1, 0.15) is 5.56 Å². The minimum Gasteiger partial charge on any atom is -0.496 e. The maximum atomic E-state index is 6.16. The lowest BCUT2D eigenvalue weighted by Gasteiger charge is -2.14. The van der Waals surface area contributed by atoms with Crippen molar-refractivity contribution in [2.45, 2.75) is 5.33 Å². The molecule has 0 N–H and O–H groups in total. The van der Waals surface area contributed by atoms with Crippen LogP contribution in [-0.4, -0.2) is 7.11 Å². The van der Waals surface area contributed by atoms with Crippen LogP contribution in [0.15, 0.2) is 39.3 Å². The summed E-state index contributed by atoms with van der Waals surface area (Å²) in [6.45, 7) is 0. The standard InChI is InChI=1S/C14H10Br3ClO2/c1-19-13-5-10(17)14(6-9(13)16)20-12-4-2-3-11(18)8(12)7-15/h2-6H,7H2,1H3. The maximum Gasteiger partial charge on any atom is 0.143 e. The zero-order valence-corrected chi connectivity index (χ0v) is 15.9. The zero-order valence-electron chi connectivity index (χ0n) is 10.4. The summed E-state index contributed by atoms with van der Waals surface area (Å²) < 4.78 is 12.8. The average Bonchev–Trinajstić information content (AvgIpc) is 2.42. The van der Waals surface area contributed by atoms with Gasteiger partial charge in [-0.15, -0.1) is 0 Å². The second-order valence-corrected chi connectivity index (χ2v) is 6.55. The van der Waals surface area contributed by atoms with Gasteiger partial charge in [0.1, 0.15) is 17.2 Å². The van der Waals surface area contributed by atoms with E-state index < -0.39 is 0 Å². The number of hydrogen-bond acceptors (Lipinski definition) is 2. The second kappa shape index (κ2) is 7.16. The van der Waals surface area contributed by atoms with E-state index in [0.29, 0.717) is 21.9 Å². The predicted molar refractivity (Wildman–Crippen MR) is 92.6 cm³/mol. The van der Waals surface area contributed by atoms with Crippen LogP contribution >= 0.6 is 59.4 Å². The van der Waals surface area contributed by atoms with Gasteiger partial charge in [0, 0.05) is 15.9 Å². The molecule has 0 unspecified atom stereocenters. The van der Waals surface area contributed by atoms with Gasteiger partial charge in [-0.05, 0) is 56.1 Å². The van der Waals surface area contributed by atoms with Crippen LogP contribution in [-0.2, 0) is 5.33 Å². The van der Waals surface area contributed by atoms with E-state index >= 15 is 0 Å². The zero-order chi connectivity index (χ0) is 14.7. The first-order valence-electron chi connectivity index (χ1n) is 5.61. The van der Waals surface area contributed by atoms with E-state index in [0.717, 1.165) is 20.3 Å². The molecule has 0 aliphatic rings. The molecule has 0 bridgehead atoms. The van der Waals surface area contributed by atoms with Gasteiger partial charge in [0.2, 0.25) is 0 Å². The molecule has 0 atom stereocenters. The van der Waals surface area contributed by atoms with Crippen LogP contribution in [0.5, 0.6) is 17.2 Å². The molecule has 0 radical (unpaired) electrons. The molecule has 20 heavy (non-hydrogen) atoms. The largest absolute Gasteiger partial charge is 0.496 e. The van der Waals surface area contributed by atoms with Crippen molar-refractivity contribution < 1.29 is 9.47 Å². The quantitative estimate of drug-likeness (QED) is 0.457. The minimum absolute atomic E-state index is 0.622. The lowest BCUT2D eigenvalue weighted by molar-refractivity contribution is 0.409. The molecule has 0 aromatic heterocycles. The van der Waals surface area contributed by atoms with E-state index in [1.165, 1.54) is 0 Å². The number of rotatable bonds is 4. The Morgan fingerprint density at radius 3 is 2.35 bits per heavy atom. The van der Waals surface area contributed by atoms with Crippen molar-refractivity contribution >= 4 is 59.4 Å².